The zero-order chi connectivity index (χ0) is 18.0. The van der Waals surface area contributed by atoms with E-state index in [9.17, 15) is 13.6 Å². The van der Waals surface area contributed by atoms with Crippen LogP contribution in [0.25, 0.3) is 0 Å². The molecule has 2 heterocycles. The van der Waals surface area contributed by atoms with Gasteiger partial charge >= 0.3 is 0 Å². The molecule has 1 amide bonds. The van der Waals surface area contributed by atoms with Crippen LogP contribution in [0.1, 0.15) is 33.5 Å². The lowest BCUT2D eigenvalue weighted by Gasteiger charge is -2.20. The molecule has 128 valence electrons. The van der Waals surface area contributed by atoms with Crippen molar-refractivity contribution in [3.05, 3.63) is 83.2 Å². The van der Waals surface area contributed by atoms with Crippen LogP contribution in [0.2, 0.25) is 0 Å². The smallest absolute Gasteiger partial charge is 0.253 e. The number of aryl methyl sites for hydroxylation is 2. The van der Waals surface area contributed by atoms with Gasteiger partial charge in [-0.2, -0.15) is 0 Å². The summed E-state index contributed by atoms with van der Waals surface area (Å²) in [5, 5.41) is 2.83. The average Bonchev–Trinajstić information content (AvgIpc) is 3.01. The second-order valence-electron chi connectivity index (χ2n) is 5.61. The van der Waals surface area contributed by atoms with Gasteiger partial charge in [-0.05, 0) is 36.8 Å². The highest BCUT2D eigenvalue weighted by molar-refractivity contribution is 5.95. The van der Waals surface area contributed by atoms with E-state index in [4.69, 9.17) is 0 Å². The van der Waals surface area contributed by atoms with Gasteiger partial charge < -0.3 is 9.88 Å². The number of aromatic nitrogens is 3. The van der Waals surface area contributed by atoms with Gasteiger partial charge in [0.1, 0.15) is 11.9 Å². The van der Waals surface area contributed by atoms with Gasteiger partial charge in [0.15, 0.2) is 11.6 Å². The van der Waals surface area contributed by atoms with Crippen LogP contribution in [-0.4, -0.2) is 20.4 Å². The van der Waals surface area contributed by atoms with Gasteiger partial charge in [0.05, 0.1) is 5.56 Å². The maximum Gasteiger partial charge on any atom is 0.253 e. The van der Waals surface area contributed by atoms with Crippen LogP contribution >= 0.6 is 0 Å². The van der Waals surface area contributed by atoms with E-state index in [1.807, 2.05) is 0 Å². The number of nitrogens with one attached hydrogen (secondary N) is 1. The minimum Gasteiger partial charge on any atom is -0.338 e. The van der Waals surface area contributed by atoms with Crippen molar-refractivity contribution in [3.63, 3.8) is 0 Å². The molecule has 0 spiro atoms. The Morgan fingerprint density at radius 2 is 1.96 bits per heavy atom. The zero-order valence-electron chi connectivity index (χ0n) is 13.7. The maximum absolute atomic E-state index is 13.7. The van der Waals surface area contributed by atoms with Crippen LogP contribution in [0.4, 0.5) is 8.78 Å². The monoisotopic (exact) mass is 342 g/mol. The Balaban J connectivity index is 2.00. The van der Waals surface area contributed by atoms with E-state index in [2.05, 4.69) is 15.3 Å². The Hall–Kier alpha value is -3.09. The van der Waals surface area contributed by atoms with Crippen molar-refractivity contribution in [2.45, 2.75) is 13.0 Å². The molecule has 1 N–H and O–H groups in total. The molecule has 0 bridgehead atoms. The minimum atomic E-state index is -0.983. The predicted molar refractivity (Wildman–Crippen MR) is 87.8 cm³/mol. The van der Waals surface area contributed by atoms with Crippen molar-refractivity contribution in [1.29, 1.82) is 0 Å². The van der Waals surface area contributed by atoms with Gasteiger partial charge in [-0.15, -0.1) is 0 Å². The number of imidazole rings is 1. The molecule has 0 aliphatic carbocycles. The Morgan fingerprint density at radius 3 is 2.60 bits per heavy atom. The van der Waals surface area contributed by atoms with E-state index in [1.54, 1.807) is 49.3 Å². The Labute approximate surface area is 143 Å². The summed E-state index contributed by atoms with van der Waals surface area (Å²) >= 11 is 0. The Morgan fingerprint density at radius 1 is 1.16 bits per heavy atom. The first-order valence-electron chi connectivity index (χ1n) is 7.62. The Kier molecular flexibility index (Phi) is 4.56. The third-order valence-electron chi connectivity index (χ3n) is 3.92. The number of hydrogen-bond acceptors (Lipinski definition) is 3. The van der Waals surface area contributed by atoms with Crippen molar-refractivity contribution < 1.29 is 13.6 Å². The van der Waals surface area contributed by atoms with Crippen LogP contribution in [0.5, 0.6) is 0 Å². The van der Waals surface area contributed by atoms with Gasteiger partial charge in [0.2, 0.25) is 0 Å². The highest BCUT2D eigenvalue weighted by Gasteiger charge is 2.23. The summed E-state index contributed by atoms with van der Waals surface area (Å²) in [5.41, 5.74) is 1.37. The third kappa shape index (κ3) is 3.40. The molecule has 0 aliphatic heterocycles. The number of carbonyl (C=O) groups excluding carboxylic acids is 1. The quantitative estimate of drug-likeness (QED) is 0.793. The number of benzene rings is 1. The van der Waals surface area contributed by atoms with Gasteiger partial charge in [0, 0.05) is 31.3 Å². The van der Waals surface area contributed by atoms with Crippen molar-refractivity contribution >= 4 is 5.91 Å². The van der Waals surface area contributed by atoms with E-state index in [-0.39, 0.29) is 5.91 Å². The fourth-order valence-corrected chi connectivity index (χ4v) is 2.58. The van der Waals surface area contributed by atoms with E-state index in [0.717, 1.165) is 12.1 Å². The first-order chi connectivity index (χ1) is 12.0. The summed E-state index contributed by atoms with van der Waals surface area (Å²) in [6, 6.07) is 6.09. The molecule has 0 fully saturated rings. The van der Waals surface area contributed by atoms with Crippen molar-refractivity contribution in [3.8, 4) is 0 Å². The van der Waals surface area contributed by atoms with Crippen molar-refractivity contribution in [2.75, 3.05) is 0 Å². The summed E-state index contributed by atoms with van der Waals surface area (Å²) < 4.78 is 28.7. The number of pyridine rings is 1. The highest BCUT2D eigenvalue weighted by atomic mass is 19.2. The molecular formula is C18H16F2N4O. The van der Waals surface area contributed by atoms with Crippen molar-refractivity contribution in [2.24, 2.45) is 7.05 Å². The first kappa shape index (κ1) is 16.8. The molecule has 25 heavy (non-hydrogen) atoms. The topological polar surface area (TPSA) is 59.8 Å². The lowest BCUT2D eigenvalue weighted by Crippen LogP contribution is -2.31. The number of amides is 1. The van der Waals surface area contributed by atoms with E-state index < -0.39 is 17.7 Å². The minimum absolute atomic E-state index is 0.372. The van der Waals surface area contributed by atoms with Crippen LogP contribution in [0.15, 0.2) is 48.9 Å². The SMILES string of the molecule is Cc1ncccc1C(=O)NC(c1ccc(F)c(F)c1)c1nccn1C. The molecule has 0 radical (unpaired) electrons. The van der Waals surface area contributed by atoms with Crippen LogP contribution < -0.4 is 5.32 Å². The zero-order valence-corrected chi connectivity index (χ0v) is 13.7. The molecule has 1 unspecified atom stereocenters. The average molecular weight is 342 g/mol. The van der Waals surface area contributed by atoms with Crippen molar-refractivity contribution in [1.82, 2.24) is 19.9 Å². The summed E-state index contributed by atoms with van der Waals surface area (Å²) in [6.07, 6.45) is 4.88. The second kappa shape index (κ2) is 6.80. The molecule has 3 rings (SSSR count). The summed E-state index contributed by atoms with van der Waals surface area (Å²) in [6.45, 7) is 1.72. The van der Waals surface area contributed by atoms with Crippen LogP contribution in [-0.2, 0) is 7.05 Å². The molecule has 1 aromatic carbocycles. The van der Waals surface area contributed by atoms with Gasteiger partial charge in [-0.3, -0.25) is 9.78 Å². The number of hydrogen-bond donors (Lipinski definition) is 1. The lowest BCUT2D eigenvalue weighted by atomic mass is 10.0. The number of halogens is 2. The second-order valence-corrected chi connectivity index (χ2v) is 5.61. The number of rotatable bonds is 4. The molecule has 0 saturated heterocycles. The van der Waals surface area contributed by atoms with E-state index in [0.29, 0.717) is 22.6 Å². The van der Waals surface area contributed by atoms with E-state index in [1.165, 1.54) is 6.07 Å². The molecule has 7 heteroatoms. The summed E-state index contributed by atoms with van der Waals surface area (Å²) in [7, 11) is 1.76. The Bertz CT molecular complexity index is 923. The van der Waals surface area contributed by atoms with Crippen LogP contribution in [0.3, 0.4) is 0 Å². The number of carbonyl (C=O) groups is 1. The predicted octanol–water partition coefficient (Wildman–Crippen LogP) is 2.92. The summed E-state index contributed by atoms with van der Waals surface area (Å²) in [4.78, 5) is 21.0. The van der Waals surface area contributed by atoms with Crippen LogP contribution in [0, 0.1) is 18.6 Å². The van der Waals surface area contributed by atoms with Gasteiger partial charge in [-0.25, -0.2) is 13.8 Å². The largest absolute Gasteiger partial charge is 0.338 e. The molecule has 1 atom stereocenters. The van der Waals surface area contributed by atoms with Gasteiger partial charge in [0.25, 0.3) is 5.91 Å². The standard InChI is InChI=1S/C18H16F2N4O/c1-11-13(4-3-7-21-11)18(25)23-16(17-22-8-9-24(17)2)12-5-6-14(19)15(20)10-12/h3-10,16H,1-2H3,(H,23,25). The highest BCUT2D eigenvalue weighted by Crippen LogP contribution is 2.23. The molecule has 5 nitrogen and oxygen atoms in total. The fraction of sp³-hybridized carbons (Fsp3) is 0.167. The molecule has 3 aromatic rings. The third-order valence-corrected chi connectivity index (χ3v) is 3.92. The van der Waals surface area contributed by atoms with E-state index >= 15 is 0 Å². The van der Waals surface area contributed by atoms with Gasteiger partial charge in [-0.1, -0.05) is 6.07 Å². The fourth-order valence-electron chi connectivity index (χ4n) is 2.58. The first-order valence-corrected chi connectivity index (χ1v) is 7.62. The molecule has 2 aromatic heterocycles. The maximum atomic E-state index is 13.7. The molecule has 0 aliphatic rings. The lowest BCUT2D eigenvalue weighted by molar-refractivity contribution is 0.0940. The number of nitrogens with zero attached hydrogens (tertiary/aromatic N) is 3. The molecular weight excluding hydrogens is 326 g/mol. The molecule has 0 saturated carbocycles. The summed E-state index contributed by atoms with van der Waals surface area (Å²) in [5.74, 6) is -1.80. The normalized spacial score (nSPS) is 12.0.